The van der Waals surface area contributed by atoms with E-state index in [1.807, 2.05) is 0 Å². The maximum atomic E-state index is 9.97. The number of nitrogens with zero attached hydrogens (tertiary/aromatic N) is 3. The second-order valence-electron chi connectivity index (χ2n) is 7.18. The molecule has 0 amide bonds. The summed E-state index contributed by atoms with van der Waals surface area (Å²) in [4.78, 5) is 7.66. The molecular weight excluding hydrogens is 226 g/mol. The number of aliphatic hydroxyl groups is 1. The highest BCUT2D eigenvalue weighted by Gasteiger charge is 2.54. The number of aliphatic hydroxyl groups excluding tert-OH is 1. The second-order valence-corrected chi connectivity index (χ2v) is 7.18. The minimum absolute atomic E-state index is 0.100. The van der Waals surface area contributed by atoms with Crippen LogP contribution in [0.3, 0.4) is 0 Å². The standard InChI is InChI=1S/C14H27N3O/c1-11(2)5-16-6-12-4-13(18)7-17(12)14(10-16)8-15(3)9-14/h11-13,18H,4-10H2,1-3H3. The van der Waals surface area contributed by atoms with E-state index in [-0.39, 0.29) is 6.10 Å². The van der Waals surface area contributed by atoms with Crippen LogP contribution in [0.15, 0.2) is 0 Å². The number of likely N-dealkylation sites (N-methyl/N-ethyl adjacent to an activating group) is 1. The van der Waals surface area contributed by atoms with Crippen LogP contribution in [0.1, 0.15) is 20.3 Å². The van der Waals surface area contributed by atoms with E-state index in [2.05, 4.69) is 35.6 Å². The van der Waals surface area contributed by atoms with Crippen molar-refractivity contribution in [2.24, 2.45) is 5.92 Å². The first-order valence-electron chi connectivity index (χ1n) is 7.34. The summed E-state index contributed by atoms with van der Waals surface area (Å²) in [5.41, 5.74) is 0.337. The van der Waals surface area contributed by atoms with Gasteiger partial charge in [-0.3, -0.25) is 9.80 Å². The molecule has 0 aromatic carbocycles. The average molecular weight is 253 g/mol. The van der Waals surface area contributed by atoms with Crippen LogP contribution in [-0.4, -0.2) is 83.8 Å². The molecule has 4 nitrogen and oxygen atoms in total. The fourth-order valence-electron chi connectivity index (χ4n) is 4.41. The molecule has 18 heavy (non-hydrogen) atoms. The summed E-state index contributed by atoms with van der Waals surface area (Å²) >= 11 is 0. The van der Waals surface area contributed by atoms with Crippen LogP contribution in [-0.2, 0) is 0 Å². The Morgan fingerprint density at radius 1 is 1.22 bits per heavy atom. The van der Waals surface area contributed by atoms with Gasteiger partial charge < -0.3 is 10.0 Å². The lowest BCUT2D eigenvalue weighted by Crippen LogP contribution is -2.77. The Balaban J connectivity index is 1.75. The third kappa shape index (κ3) is 2.09. The quantitative estimate of drug-likeness (QED) is 0.755. The van der Waals surface area contributed by atoms with Crippen LogP contribution in [0.2, 0.25) is 0 Å². The van der Waals surface area contributed by atoms with E-state index < -0.39 is 0 Å². The monoisotopic (exact) mass is 253 g/mol. The van der Waals surface area contributed by atoms with E-state index in [9.17, 15) is 5.11 Å². The molecule has 0 aliphatic carbocycles. The van der Waals surface area contributed by atoms with E-state index in [0.29, 0.717) is 11.6 Å². The lowest BCUT2D eigenvalue weighted by atomic mass is 9.84. The summed E-state index contributed by atoms with van der Waals surface area (Å²) in [6, 6.07) is 0.584. The Labute approximate surface area is 111 Å². The Hall–Kier alpha value is -0.160. The lowest BCUT2D eigenvalue weighted by Gasteiger charge is -2.60. The fraction of sp³-hybridized carbons (Fsp3) is 1.00. The predicted octanol–water partition coefficient (Wildman–Crippen LogP) is 0.0774. The molecule has 4 heteroatoms. The molecule has 3 aliphatic rings. The molecule has 1 N–H and O–H groups in total. The predicted molar refractivity (Wildman–Crippen MR) is 72.6 cm³/mol. The van der Waals surface area contributed by atoms with Crippen LogP contribution in [0.4, 0.5) is 0 Å². The SMILES string of the molecule is CC(C)CN1CC2CC(O)CN2C2(CN(C)C2)C1. The molecule has 0 aromatic heterocycles. The maximum Gasteiger partial charge on any atom is 0.0682 e. The average Bonchev–Trinajstić information content (AvgIpc) is 2.55. The normalized spacial score (nSPS) is 37.2. The molecule has 0 aromatic rings. The van der Waals surface area contributed by atoms with Crippen molar-refractivity contribution >= 4 is 0 Å². The summed E-state index contributed by atoms with van der Waals surface area (Å²) in [6.45, 7) is 11.4. The summed E-state index contributed by atoms with van der Waals surface area (Å²) in [5.74, 6) is 0.734. The highest BCUT2D eigenvalue weighted by molar-refractivity contribution is 5.12. The van der Waals surface area contributed by atoms with Crippen LogP contribution in [0.25, 0.3) is 0 Å². The van der Waals surface area contributed by atoms with Gasteiger partial charge in [-0.1, -0.05) is 13.8 Å². The van der Waals surface area contributed by atoms with Crippen molar-refractivity contribution < 1.29 is 5.11 Å². The van der Waals surface area contributed by atoms with Gasteiger partial charge in [0.15, 0.2) is 0 Å². The zero-order valence-corrected chi connectivity index (χ0v) is 12.0. The van der Waals surface area contributed by atoms with E-state index in [0.717, 1.165) is 25.4 Å². The molecule has 0 bridgehead atoms. The first-order valence-corrected chi connectivity index (χ1v) is 7.34. The highest BCUT2D eigenvalue weighted by Crippen LogP contribution is 2.38. The molecule has 3 fully saturated rings. The largest absolute Gasteiger partial charge is 0.392 e. The number of hydrogen-bond acceptors (Lipinski definition) is 4. The van der Waals surface area contributed by atoms with Crippen molar-refractivity contribution in [3.63, 3.8) is 0 Å². The van der Waals surface area contributed by atoms with Crippen LogP contribution >= 0.6 is 0 Å². The summed E-state index contributed by atoms with van der Waals surface area (Å²) < 4.78 is 0. The number of β-amino-alcohol motifs (C(OH)–C–C–N with tert-alkyl or cyclic N) is 1. The summed E-state index contributed by atoms with van der Waals surface area (Å²) in [6.07, 6.45) is 0.872. The topological polar surface area (TPSA) is 30.0 Å². The number of rotatable bonds is 2. The minimum Gasteiger partial charge on any atom is -0.392 e. The van der Waals surface area contributed by atoms with Crippen molar-refractivity contribution in [1.82, 2.24) is 14.7 Å². The minimum atomic E-state index is -0.100. The molecule has 3 aliphatic heterocycles. The number of likely N-dealkylation sites (tertiary alicyclic amines) is 1. The molecule has 3 rings (SSSR count). The Morgan fingerprint density at radius 3 is 2.56 bits per heavy atom. The molecule has 0 saturated carbocycles. The summed E-state index contributed by atoms with van der Waals surface area (Å²) in [5, 5.41) is 9.97. The van der Waals surface area contributed by atoms with Crippen LogP contribution in [0, 0.1) is 5.92 Å². The molecule has 2 atom stereocenters. The van der Waals surface area contributed by atoms with E-state index in [1.165, 1.54) is 26.2 Å². The zero-order valence-electron chi connectivity index (χ0n) is 12.0. The first kappa shape index (κ1) is 12.9. The Kier molecular flexibility index (Phi) is 3.17. The molecule has 2 unspecified atom stereocenters. The van der Waals surface area contributed by atoms with Gasteiger partial charge in [0.1, 0.15) is 0 Å². The van der Waals surface area contributed by atoms with Crippen molar-refractivity contribution in [1.29, 1.82) is 0 Å². The van der Waals surface area contributed by atoms with Gasteiger partial charge in [0.2, 0.25) is 0 Å². The molecule has 104 valence electrons. The second kappa shape index (κ2) is 4.44. The molecule has 3 heterocycles. The zero-order chi connectivity index (χ0) is 12.9. The van der Waals surface area contributed by atoms with Crippen molar-refractivity contribution in [2.45, 2.75) is 38.0 Å². The van der Waals surface area contributed by atoms with Crippen molar-refractivity contribution in [2.75, 3.05) is 46.3 Å². The van der Waals surface area contributed by atoms with Gasteiger partial charge in [0, 0.05) is 45.3 Å². The highest BCUT2D eigenvalue weighted by atomic mass is 16.3. The smallest absolute Gasteiger partial charge is 0.0682 e. The van der Waals surface area contributed by atoms with E-state index in [1.54, 1.807) is 0 Å². The maximum absolute atomic E-state index is 9.97. The Bertz CT molecular complexity index is 314. The van der Waals surface area contributed by atoms with E-state index in [4.69, 9.17) is 0 Å². The molecule has 3 saturated heterocycles. The number of piperazine rings is 1. The van der Waals surface area contributed by atoms with Gasteiger partial charge in [-0.2, -0.15) is 0 Å². The number of fused-ring (bicyclic) bond motifs is 2. The van der Waals surface area contributed by atoms with Crippen molar-refractivity contribution in [3.05, 3.63) is 0 Å². The van der Waals surface area contributed by atoms with Gasteiger partial charge in [-0.05, 0) is 19.4 Å². The molecule has 0 radical (unpaired) electrons. The van der Waals surface area contributed by atoms with Crippen LogP contribution < -0.4 is 0 Å². The molecular formula is C14H27N3O. The van der Waals surface area contributed by atoms with Gasteiger partial charge in [0.25, 0.3) is 0 Å². The third-order valence-corrected chi connectivity index (χ3v) is 4.74. The first-order chi connectivity index (χ1) is 8.48. The Morgan fingerprint density at radius 2 is 1.94 bits per heavy atom. The van der Waals surface area contributed by atoms with Gasteiger partial charge in [0.05, 0.1) is 11.6 Å². The van der Waals surface area contributed by atoms with Gasteiger partial charge >= 0.3 is 0 Å². The number of hydrogen-bond donors (Lipinski definition) is 1. The third-order valence-electron chi connectivity index (χ3n) is 4.74. The fourth-order valence-corrected chi connectivity index (χ4v) is 4.41. The van der Waals surface area contributed by atoms with Crippen LogP contribution in [0.5, 0.6) is 0 Å². The van der Waals surface area contributed by atoms with Gasteiger partial charge in [-0.25, -0.2) is 0 Å². The van der Waals surface area contributed by atoms with E-state index >= 15 is 0 Å². The lowest BCUT2D eigenvalue weighted by molar-refractivity contribution is -0.106. The van der Waals surface area contributed by atoms with Crippen molar-refractivity contribution in [3.8, 4) is 0 Å². The molecule has 1 spiro atoms. The summed E-state index contributed by atoms with van der Waals surface area (Å²) in [7, 11) is 2.20. The van der Waals surface area contributed by atoms with Gasteiger partial charge in [-0.15, -0.1) is 0 Å².